The molecule has 0 amide bonds. The molecular formula is C10H15N5NaO8P. The predicted molar refractivity (Wildman–Crippen MR) is 82.0 cm³/mol. The van der Waals surface area contributed by atoms with Gasteiger partial charge in [0.1, 0.15) is 24.6 Å². The van der Waals surface area contributed by atoms with E-state index in [4.69, 9.17) is 20.3 Å². The Balaban J connectivity index is 0.00000225. The summed E-state index contributed by atoms with van der Waals surface area (Å²) < 4.78 is 22.0. The number of ether oxygens (including phenoxy) is 1. The molecule has 1 saturated heterocycles. The van der Waals surface area contributed by atoms with Crippen LogP contribution in [0.25, 0.3) is 11.2 Å². The number of phosphoric acid groups is 1. The van der Waals surface area contributed by atoms with E-state index in [1.807, 2.05) is 0 Å². The number of phosphoric ester groups is 1. The number of nitrogens with zero attached hydrogens (tertiary/aromatic N) is 4. The Morgan fingerprint density at radius 1 is 1.40 bits per heavy atom. The predicted octanol–water partition coefficient (Wildman–Crippen LogP) is -3.27. The quantitative estimate of drug-likeness (QED) is 0.152. The van der Waals surface area contributed by atoms with Gasteiger partial charge in [-0.2, -0.15) is 0 Å². The van der Waals surface area contributed by atoms with Gasteiger partial charge in [0.2, 0.25) is 12.0 Å². The third-order valence-electron chi connectivity index (χ3n) is 3.55. The van der Waals surface area contributed by atoms with Crippen molar-refractivity contribution in [1.29, 1.82) is 0 Å². The molecule has 0 radical (unpaired) electrons. The Morgan fingerprint density at radius 3 is 2.72 bits per heavy atom. The van der Waals surface area contributed by atoms with Gasteiger partial charge in [0, 0.05) is 0 Å². The Labute approximate surface area is 162 Å². The van der Waals surface area contributed by atoms with E-state index in [9.17, 15) is 20.0 Å². The number of nitrogens with two attached hydrogens (primary N) is 1. The summed E-state index contributed by atoms with van der Waals surface area (Å²) in [4.78, 5) is 25.2. The first kappa shape index (κ1) is 20.5. The summed E-state index contributed by atoms with van der Waals surface area (Å²) in [6, 6.07) is 0. The van der Waals surface area contributed by atoms with Crippen LogP contribution >= 0.6 is 7.82 Å². The molecule has 1 aliphatic heterocycles. The zero-order valence-electron chi connectivity index (χ0n) is 11.9. The van der Waals surface area contributed by atoms with Gasteiger partial charge >= 0.3 is 37.4 Å². The summed E-state index contributed by atoms with van der Waals surface area (Å²) in [5.74, 6) is -0.201. The molecule has 3 rings (SSSR count). The van der Waals surface area contributed by atoms with Crippen LogP contribution in [-0.4, -0.2) is 89.0 Å². The van der Waals surface area contributed by atoms with Crippen molar-refractivity contribution in [3.05, 3.63) is 17.9 Å². The van der Waals surface area contributed by atoms with Crippen LogP contribution in [0.4, 0.5) is 5.82 Å². The molecule has 0 aliphatic carbocycles. The molecule has 13 nitrogen and oxygen atoms in total. The van der Waals surface area contributed by atoms with E-state index in [0.29, 0.717) is 4.73 Å². The summed E-state index contributed by atoms with van der Waals surface area (Å²) in [6.45, 7) is -0.637. The Bertz CT molecular complexity index is 814. The molecule has 0 bridgehead atoms. The van der Waals surface area contributed by atoms with E-state index >= 15 is 0 Å². The number of nitrogen functional groups attached to an aromatic ring is 1. The van der Waals surface area contributed by atoms with Crippen LogP contribution in [0.2, 0.25) is 0 Å². The van der Waals surface area contributed by atoms with Gasteiger partial charge in [-0.3, -0.25) is 9.09 Å². The summed E-state index contributed by atoms with van der Waals surface area (Å²) in [5, 5.41) is 31.4. The van der Waals surface area contributed by atoms with Crippen LogP contribution < -0.4 is 10.5 Å². The molecule has 0 saturated carbocycles. The maximum atomic E-state index is 11.4. The number of anilines is 1. The Morgan fingerprint density at radius 2 is 2.08 bits per heavy atom. The van der Waals surface area contributed by atoms with Gasteiger partial charge in [-0.1, -0.05) is 4.98 Å². The second-order valence-electron chi connectivity index (χ2n) is 5.11. The van der Waals surface area contributed by atoms with E-state index in [1.54, 1.807) is 0 Å². The number of imidazole rings is 1. The van der Waals surface area contributed by atoms with Crippen LogP contribution in [0.3, 0.4) is 0 Å². The fourth-order valence-corrected chi connectivity index (χ4v) is 2.73. The Hall–Kier alpha value is -0.860. The van der Waals surface area contributed by atoms with Gasteiger partial charge in [0.05, 0.1) is 6.61 Å². The van der Waals surface area contributed by atoms with E-state index in [1.165, 1.54) is 10.9 Å². The van der Waals surface area contributed by atoms with Crippen LogP contribution in [0.1, 0.15) is 6.23 Å². The van der Waals surface area contributed by atoms with Crippen LogP contribution in [-0.2, 0) is 13.8 Å². The normalized spacial score (nSPS) is 26.7. The van der Waals surface area contributed by atoms with E-state index in [2.05, 4.69) is 14.5 Å². The van der Waals surface area contributed by atoms with Crippen molar-refractivity contribution in [3.63, 3.8) is 0 Å². The number of aliphatic hydroxyl groups is 2. The first-order valence-electron chi connectivity index (χ1n) is 6.61. The number of aromatic nitrogens is 4. The first-order chi connectivity index (χ1) is 11.2. The molecule has 0 unspecified atom stereocenters. The van der Waals surface area contributed by atoms with Crippen LogP contribution in [0, 0.1) is 5.21 Å². The van der Waals surface area contributed by atoms with Crippen molar-refractivity contribution < 1.29 is 38.6 Å². The standard InChI is InChI=1S/C10H14N5O8P.Na.H/c11-8-5-9(13-3-15(8)18)14(2-12-5)10-7(17)6(16)4(23-10)1-22-24(19,20)21;;/h2-4,6-7,10,16-17H,1,11H2,(H2,19,20,21);;/t4-,6-,7-,10-;;/m1../s1. The second-order valence-corrected chi connectivity index (χ2v) is 6.35. The van der Waals surface area contributed by atoms with Crippen molar-refractivity contribution in [2.45, 2.75) is 24.5 Å². The molecule has 3 heterocycles. The summed E-state index contributed by atoms with van der Waals surface area (Å²) in [6.07, 6.45) is -3.16. The summed E-state index contributed by atoms with van der Waals surface area (Å²) in [5.41, 5.74) is 5.80. The minimum absolute atomic E-state index is 0. The summed E-state index contributed by atoms with van der Waals surface area (Å²) in [7, 11) is -4.75. The SMILES string of the molecule is Nc1c2ncn([C@@H]3O[C@H](COP(=O)(O)O)[C@@H](O)[C@H]3O)c2nc[n+]1[O-].[NaH]. The van der Waals surface area contributed by atoms with E-state index in [0.717, 1.165) is 6.33 Å². The molecule has 1 aliphatic rings. The Kier molecular flexibility index (Phi) is 6.06. The van der Waals surface area contributed by atoms with Gasteiger partial charge in [-0.15, -0.1) is 0 Å². The van der Waals surface area contributed by atoms with Crippen molar-refractivity contribution >= 4 is 54.4 Å². The van der Waals surface area contributed by atoms with Gasteiger partial charge in [-0.05, 0) is 0 Å². The molecule has 4 atom stereocenters. The van der Waals surface area contributed by atoms with Gasteiger partial charge in [0.15, 0.2) is 11.7 Å². The molecule has 6 N–H and O–H groups in total. The number of fused-ring (bicyclic) bond motifs is 1. The van der Waals surface area contributed by atoms with Gasteiger partial charge < -0.3 is 35.7 Å². The maximum absolute atomic E-state index is 11.4. The average Bonchev–Trinajstić information content (AvgIpc) is 3.04. The third kappa shape index (κ3) is 3.95. The third-order valence-corrected chi connectivity index (χ3v) is 4.04. The first-order valence-corrected chi connectivity index (χ1v) is 8.14. The molecule has 25 heavy (non-hydrogen) atoms. The van der Waals surface area contributed by atoms with Crippen molar-refractivity contribution in [2.24, 2.45) is 0 Å². The van der Waals surface area contributed by atoms with Crippen LogP contribution in [0.15, 0.2) is 12.7 Å². The van der Waals surface area contributed by atoms with E-state index < -0.39 is 39.0 Å². The topological polar surface area (TPSA) is 200 Å². The molecule has 15 heteroatoms. The zero-order chi connectivity index (χ0) is 17.6. The average molecular weight is 387 g/mol. The van der Waals surface area contributed by atoms with Crippen molar-refractivity contribution in [1.82, 2.24) is 14.5 Å². The van der Waals surface area contributed by atoms with E-state index in [-0.39, 0.29) is 46.5 Å². The minimum atomic E-state index is -4.75. The number of rotatable bonds is 4. The monoisotopic (exact) mass is 387 g/mol. The fraction of sp³-hybridized carbons (Fsp3) is 0.500. The molecule has 0 aromatic carbocycles. The molecular weight excluding hydrogens is 372 g/mol. The molecule has 134 valence electrons. The fourth-order valence-electron chi connectivity index (χ4n) is 2.39. The zero-order valence-corrected chi connectivity index (χ0v) is 12.8. The van der Waals surface area contributed by atoms with Gasteiger partial charge in [-0.25, -0.2) is 14.3 Å². The summed E-state index contributed by atoms with van der Waals surface area (Å²) >= 11 is 0. The molecule has 2 aromatic heterocycles. The van der Waals surface area contributed by atoms with Gasteiger partial charge in [0.25, 0.3) is 5.82 Å². The molecule has 1 fully saturated rings. The molecule has 2 aromatic rings. The second kappa shape index (κ2) is 7.40. The van der Waals surface area contributed by atoms with Crippen LogP contribution in [0.5, 0.6) is 0 Å². The van der Waals surface area contributed by atoms with Crippen molar-refractivity contribution in [2.75, 3.05) is 12.3 Å². The molecule has 0 spiro atoms. The number of hydrogen-bond acceptors (Lipinski definition) is 9. The van der Waals surface area contributed by atoms with Crippen molar-refractivity contribution in [3.8, 4) is 0 Å². The number of aliphatic hydroxyl groups excluding tert-OH is 2. The number of hydrogen-bond donors (Lipinski definition) is 5.